The minimum Gasteiger partial charge on any atom is -0.466 e. The Morgan fingerprint density at radius 3 is 2.24 bits per heavy atom. The minimum absolute atomic E-state index is 0.0477. The Labute approximate surface area is 271 Å². The summed E-state index contributed by atoms with van der Waals surface area (Å²) in [6, 6.07) is 22.6. The number of hydrogen-bond donors (Lipinski definition) is 1. The average molecular weight is 628 g/mol. The maximum atomic E-state index is 14.6. The molecule has 0 aromatic heterocycles. The molecule has 46 heavy (non-hydrogen) atoms. The Kier molecular flexibility index (Phi) is 11.6. The average Bonchev–Trinajstić information content (AvgIpc) is 3.10. The van der Waals surface area contributed by atoms with E-state index in [2.05, 4.69) is 5.32 Å². The van der Waals surface area contributed by atoms with E-state index in [1.807, 2.05) is 99.6 Å². The summed E-state index contributed by atoms with van der Waals surface area (Å²) < 4.78 is 10.5. The van der Waals surface area contributed by atoms with Gasteiger partial charge in [0.2, 0.25) is 0 Å². The number of benzene rings is 3. The van der Waals surface area contributed by atoms with Crippen molar-refractivity contribution in [2.45, 2.75) is 84.4 Å². The molecule has 2 atom stereocenters. The molecule has 3 aromatic rings. The summed E-state index contributed by atoms with van der Waals surface area (Å²) in [5.41, 5.74) is 2.62. The minimum atomic E-state index is -0.966. The Balaban J connectivity index is 1.64. The Morgan fingerprint density at radius 1 is 0.913 bits per heavy atom. The molecule has 0 spiro atoms. The molecule has 1 N–H and O–H groups in total. The fourth-order valence-corrected chi connectivity index (χ4v) is 5.65. The lowest BCUT2D eigenvalue weighted by Crippen LogP contribution is -2.46. The third-order valence-corrected chi connectivity index (χ3v) is 7.68. The molecule has 0 saturated heterocycles. The first-order valence-electron chi connectivity index (χ1n) is 16.0. The molecule has 9 nitrogen and oxygen atoms in total. The highest BCUT2D eigenvalue weighted by Crippen LogP contribution is 2.40. The van der Waals surface area contributed by atoms with E-state index in [-0.39, 0.29) is 24.8 Å². The lowest BCUT2D eigenvalue weighted by molar-refractivity contribution is -0.144. The molecular weight excluding hydrogens is 582 g/mol. The van der Waals surface area contributed by atoms with Gasteiger partial charge in [0.15, 0.2) is 0 Å². The molecule has 0 radical (unpaired) electrons. The normalized spacial score (nSPS) is 15.5. The molecule has 244 valence electrons. The molecule has 1 aliphatic rings. The van der Waals surface area contributed by atoms with Gasteiger partial charge in [0, 0.05) is 18.3 Å². The smallest absolute Gasteiger partial charge is 0.407 e. The molecule has 0 aliphatic carbocycles. The molecular formula is C37H45N3O6. The number of para-hydroxylation sites is 1. The quantitative estimate of drug-likeness (QED) is 0.169. The van der Waals surface area contributed by atoms with Gasteiger partial charge in [0.25, 0.3) is 11.8 Å². The number of carbonyl (C=O) groups is 4. The van der Waals surface area contributed by atoms with Crippen LogP contribution in [0.15, 0.2) is 78.9 Å². The second kappa shape index (κ2) is 15.6. The summed E-state index contributed by atoms with van der Waals surface area (Å²) in [6.45, 7) is 9.75. The zero-order chi connectivity index (χ0) is 33.3. The number of fused-ring (bicyclic) bond motifs is 1. The zero-order valence-corrected chi connectivity index (χ0v) is 27.5. The van der Waals surface area contributed by atoms with Gasteiger partial charge in [-0.25, -0.2) is 4.79 Å². The van der Waals surface area contributed by atoms with E-state index in [4.69, 9.17) is 9.47 Å². The molecule has 3 amide bonds. The first-order chi connectivity index (χ1) is 22.0. The third kappa shape index (κ3) is 8.74. The van der Waals surface area contributed by atoms with Crippen molar-refractivity contribution < 1.29 is 28.7 Å². The largest absolute Gasteiger partial charge is 0.466 e. The van der Waals surface area contributed by atoms with Gasteiger partial charge in [-0.1, -0.05) is 61.0 Å². The van der Waals surface area contributed by atoms with Crippen LogP contribution in [0.1, 0.15) is 87.8 Å². The summed E-state index contributed by atoms with van der Waals surface area (Å²) in [6.07, 6.45) is 2.75. The van der Waals surface area contributed by atoms with E-state index in [9.17, 15) is 19.2 Å². The number of unbranched alkanes of at least 4 members (excludes halogenated alkanes) is 2. The van der Waals surface area contributed by atoms with Gasteiger partial charge in [0.05, 0.1) is 24.3 Å². The van der Waals surface area contributed by atoms with Crippen molar-refractivity contribution in [2.24, 2.45) is 0 Å². The van der Waals surface area contributed by atoms with Crippen LogP contribution in [-0.4, -0.2) is 53.6 Å². The second-order valence-corrected chi connectivity index (χ2v) is 12.5. The number of nitrogens with one attached hydrogen (secondary N) is 1. The molecule has 0 saturated carbocycles. The fourth-order valence-electron chi connectivity index (χ4n) is 5.65. The van der Waals surface area contributed by atoms with Crippen LogP contribution in [0.5, 0.6) is 0 Å². The van der Waals surface area contributed by atoms with Crippen molar-refractivity contribution in [1.82, 2.24) is 10.2 Å². The Bertz CT molecular complexity index is 1500. The van der Waals surface area contributed by atoms with Crippen LogP contribution in [0.25, 0.3) is 0 Å². The molecule has 3 aromatic carbocycles. The second-order valence-electron chi connectivity index (χ2n) is 12.5. The lowest BCUT2D eigenvalue weighted by atomic mass is 10.00. The van der Waals surface area contributed by atoms with Gasteiger partial charge in [-0.2, -0.15) is 0 Å². The van der Waals surface area contributed by atoms with Crippen molar-refractivity contribution in [3.8, 4) is 0 Å². The van der Waals surface area contributed by atoms with Crippen molar-refractivity contribution in [3.63, 3.8) is 0 Å². The molecule has 2 unspecified atom stereocenters. The van der Waals surface area contributed by atoms with E-state index >= 15 is 0 Å². The summed E-state index contributed by atoms with van der Waals surface area (Å²) >= 11 is 0. The van der Waals surface area contributed by atoms with Gasteiger partial charge in [-0.15, -0.1) is 0 Å². The van der Waals surface area contributed by atoms with Gasteiger partial charge in [-0.05, 0) is 89.3 Å². The highest BCUT2D eigenvalue weighted by molar-refractivity contribution is 6.14. The number of aryl methyl sites for hydroxylation is 1. The SMILES string of the molecule is CCOC(=O)CC(C)N1C(=O)c2cc(CCCCCNC(=O)OC(C)(C)C)ccc2N(c2ccccc2)C(=O)C1c1ccccc1. The Hall–Kier alpha value is -4.66. The lowest BCUT2D eigenvalue weighted by Gasteiger charge is -2.35. The number of alkyl carbamates (subject to hydrolysis) is 1. The summed E-state index contributed by atoms with van der Waals surface area (Å²) in [5, 5.41) is 2.79. The monoisotopic (exact) mass is 627 g/mol. The number of amides is 3. The number of carbonyl (C=O) groups excluding carboxylic acids is 4. The maximum Gasteiger partial charge on any atom is 0.407 e. The third-order valence-electron chi connectivity index (χ3n) is 7.68. The maximum absolute atomic E-state index is 14.6. The predicted molar refractivity (Wildman–Crippen MR) is 178 cm³/mol. The van der Waals surface area contributed by atoms with E-state index < -0.39 is 29.7 Å². The van der Waals surface area contributed by atoms with E-state index in [1.54, 1.807) is 23.6 Å². The van der Waals surface area contributed by atoms with Crippen LogP contribution in [0.2, 0.25) is 0 Å². The number of ether oxygens (including phenoxy) is 2. The van der Waals surface area contributed by atoms with Crippen LogP contribution in [0.4, 0.5) is 16.2 Å². The van der Waals surface area contributed by atoms with Crippen molar-refractivity contribution in [2.75, 3.05) is 18.1 Å². The van der Waals surface area contributed by atoms with Gasteiger partial charge < -0.3 is 19.7 Å². The fraction of sp³-hybridized carbons (Fsp3) is 0.405. The number of esters is 1. The van der Waals surface area contributed by atoms with Crippen molar-refractivity contribution in [3.05, 3.63) is 95.6 Å². The van der Waals surface area contributed by atoms with Crippen LogP contribution in [0, 0.1) is 0 Å². The van der Waals surface area contributed by atoms with Crippen LogP contribution in [-0.2, 0) is 25.5 Å². The van der Waals surface area contributed by atoms with E-state index in [0.29, 0.717) is 35.5 Å². The molecule has 1 aliphatic heterocycles. The number of hydrogen-bond acceptors (Lipinski definition) is 6. The molecule has 4 rings (SSSR count). The van der Waals surface area contributed by atoms with Crippen LogP contribution >= 0.6 is 0 Å². The summed E-state index contributed by atoms with van der Waals surface area (Å²) in [4.78, 5) is 56.9. The standard InChI is InChI=1S/C37H45N3O6/c1-6-45-32(41)24-26(2)39-33(28-17-11-7-12-18-28)35(43)40(29-19-13-8-14-20-29)31-22-21-27(25-30(31)34(39)42)16-10-9-15-23-38-36(44)46-37(3,4)5/h7-8,11-14,17-22,25-26,33H,6,9-10,15-16,23-24H2,1-5H3,(H,38,44). The number of nitrogens with zero attached hydrogens (tertiary/aromatic N) is 2. The molecule has 1 heterocycles. The van der Waals surface area contributed by atoms with Crippen LogP contribution < -0.4 is 10.2 Å². The highest BCUT2D eigenvalue weighted by Gasteiger charge is 2.43. The van der Waals surface area contributed by atoms with Crippen molar-refractivity contribution >= 4 is 35.3 Å². The molecule has 0 fully saturated rings. The van der Waals surface area contributed by atoms with Crippen LogP contribution in [0.3, 0.4) is 0 Å². The van der Waals surface area contributed by atoms with Gasteiger partial charge >= 0.3 is 12.1 Å². The summed E-state index contributed by atoms with van der Waals surface area (Å²) in [7, 11) is 0. The first-order valence-corrected chi connectivity index (χ1v) is 16.0. The van der Waals surface area contributed by atoms with Gasteiger partial charge in [-0.3, -0.25) is 19.3 Å². The van der Waals surface area contributed by atoms with E-state index in [1.165, 1.54) is 0 Å². The number of anilines is 2. The molecule has 0 bridgehead atoms. The number of rotatable bonds is 12. The van der Waals surface area contributed by atoms with E-state index in [0.717, 1.165) is 24.8 Å². The summed E-state index contributed by atoms with van der Waals surface area (Å²) in [5.74, 6) is -1.04. The molecule has 9 heteroatoms. The zero-order valence-electron chi connectivity index (χ0n) is 27.5. The first kappa shape index (κ1) is 34.2. The Morgan fingerprint density at radius 2 is 1.59 bits per heavy atom. The topological polar surface area (TPSA) is 105 Å². The predicted octanol–water partition coefficient (Wildman–Crippen LogP) is 7.13. The van der Waals surface area contributed by atoms with Crippen molar-refractivity contribution in [1.29, 1.82) is 0 Å². The van der Waals surface area contributed by atoms with Gasteiger partial charge in [0.1, 0.15) is 11.6 Å². The highest BCUT2D eigenvalue weighted by atomic mass is 16.6.